The first-order valence-electron chi connectivity index (χ1n) is 10.2. The predicted octanol–water partition coefficient (Wildman–Crippen LogP) is 2.76. The Morgan fingerprint density at radius 3 is 2.40 bits per heavy atom. The zero-order chi connectivity index (χ0) is 20.9. The zero-order valence-electron chi connectivity index (χ0n) is 17.0. The molecular formula is C23H25N5O2. The minimum Gasteiger partial charge on any atom is -0.354 e. The number of rotatable bonds is 8. The van der Waals surface area contributed by atoms with Gasteiger partial charge in [0, 0.05) is 25.5 Å². The number of nitrogens with zero attached hydrogens (tertiary/aromatic N) is 4. The Labute approximate surface area is 174 Å². The van der Waals surface area contributed by atoms with Crippen molar-refractivity contribution in [2.24, 2.45) is 0 Å². The molecule has 0 atom stereocenters. The van der Waals surface area contributed by atoms with E-state index in [-0.39, 0.29) is 18.1 Å². The summed E-state index contributed by atoms with van der Waals surface area (Å²) in [6, 6.07) is 17.6. The number of imidazole rings is 1. The first-order valence-corrected chi connectivity index (χ1v) is 10.2. The van der Waals surface area contributed by atoms with Crippen molar-refractivity contribution in [1.82, 2.24) is 24.2 Å². The fourth-order valence-electron chi connectivity index (χ4n) is 3.65. The van der Waals surface area contributed by atoms with Crippen LogP contribution in [0.15, 0.2) is 71.8 Å². The van der Waals surface area contributed by atoms with E-state index in [4.69, 9.17) is 0 Å². The average Bonchev–Trinajstić information content (AvgIpc) is 3.38. The van der Waals surface area contributed by atoms with Crippen LogP contribution in [0.5, 0.6) is 0 Å². The number of carbonyl (C=O) groups excluding carboxylic acids is 1. The maximum absolute atomic E-state index is 12.8. The van der Waals surface area contributed by atoms with Gasteiger partial charge < -0.3 is 5.32 Å². The molecule has 0 aliphatic heterocycles. The molecule has 7 nitrogen and oxygen atoms in total. The molecule has 1 amide bonds. The number of fused-ring (bicyclic) bond motifs is 1. The lowest BCUT2D eigenvalue weighted by Crippen LogP contribution is -2.34. The number of hydrogen-bond donors (Lipinski definition) is 1. The number of nitrogens with one attached hydrogen (secondary N) is 1. The summed E-state index contributed by atoms with van der Waals surface area (Å²) >= 11 is 0. The summed E-state index contributed by atoms with van der Waals surface area (Å²) < 4.78 is 5.10. The number of aryl methyl sites for hydroxylation is 1. The van der Waals surface area contributed by atoms with Gasteiger partial charge in [-0.2, -0.15) is 5.10 Å². The topological polar surface area (TPSA) is 73.8 Å². The van der Waals surface area contributed by atoms with E-state index < -0.39 is 0 Å². The van der Waals surface area contributed by atoms with Crippen molar-refractivity contribution in [3.63, 3.8) is 0 Å². The molecule has 0 unspecified atom stereocenters. The van der Waals surface area contributed by atoms with Crippen LogP contribution in [0.1, 0.15) is 18.9 Å². The summed E-state index contributed by atoms with van der Waals surface area (Å²) in [5.41, 5.74) is 3.65. The van der Waals surface area contributed by atoms with Gasteiger partial charge in [-0.15, -0.1) is 0 Å². The van der Waals surface area contributed by atoms with Crippen LogP contribution in [0, 0.1) is 0 Å². The van der Waals surface area contributed by atoms with Gasteiger partial charge in [-0.25, -0.2) is 9.48 Å². The molecule has 2 heterocycles. The van der Waals surface area contributed by atoms with Crippen LogP contribution in [0.25, 0.3) is 16.7 Å². The third kappa shape index (κ3) is 4.05. The number of carbonyl (C=O) groups is 1. The van der Waals surface area contributed by atoms with Crippen molar-refractivity contribution in [3.8, 4) is 5.69 Å². The monoisotopic (exact) mass is 403 g/mol. The Morgan fingerprint density at radius 2 is 1.73 bits per heavy atom. The van der Waals surface area contributed by atoms with Crippen LogP contribution in [-0.2, 0) is 24.3 Å². The molecule has 0 saturated heterocycles. The summed E-state index contributed by atoms with van der Waals surface area (Å²) in [6.07, 6.45) is 5.22. The smallest absolute Gasteiger partial charge is 0.329 e. The first-order chi connectivity index (χ1) is 14.7. The van der Waals surface area contributed by atoms with Gasteiger partial charge >= 0.3 is 5.69 Å². The summed E-state index contributed by atoms with van der Waals surface area (Å²) in [7, 11) is 0. The van der Waals surface area contributed by atoms with E-state index in [9.17, 15) is 9.59 Å². The Hall–Kier alpha value is -3.61. The molecule has 7 heteroatoms. The van der Waals surface area contributed by atoms with Crippen molar-refractivity contribution in [2.45, 2.75) is 32.9 Å². The second-order valence-electron chi connectivity index (χ2n) is 7.23. The number of aromatic nitrogens is 4. The van der Waals surface area contributed by atoms with E-state index in [0.29, 0.717) is 13.1 Å². The average molecular weight is 403 g/mol. The zero-order valence-corrected chi connectivity index (χ0v) is 17.0. The molecule has 2 aromatic heterocycles. The Balaban J connectivity index is 1.37. The van der Waals surface area contributed by atoms with E-state index in [1.54, 1.807) is 20.0 Å². The molecule has 0 saturated carbocycles. The van der Waals surface area contributed by atoms with Crippen molar-refractivity contribution in [3.05, 3.63) is 83.0 Å². The molecule has 154 valence electrons. The molecule has 0 aliphatic carbocycles. The largest absolute Gasteiger partial charge is 0.354 e. The molecule has 4 aromatic rings. The summed E-state index contributed by atoms with van der Waals surface area (Å²) in [5.74, 6) is -0.162. The fraction of sp³-hybridized carbons (Fsp3) is 0.261. The second kappa shape index (κ2) is 8.82. The van der Waals surface area contributed by atoms with Crippen LogP contribution in [-0.4, -0.2) is 31.4 Å². The first kappa shape index (κ1) is 19.7. The van der Waals surface area contributed by atoms with Crippen molar-refractivity contribution < 1.29 is 4.79 Å². The molecule has 0 spiro atoms. The highest BCUT2D eigenvalue weighted by molar-refractivity contribution is 5.80. The van der Waals surface area contributed by atoms with Crippen LogP contribution >= 0.6 is 0 Å². The van der Waals surface area contributed by atoms with Crippen molar-refractivity contribution >= 4 is 16.9 Å². The highest BCUT2D eigenvalue weighted by Gasteiger charge is 2.14. The van der Waals surface area contributed by atoms with Crippen molar-refractivity contribution in [2.75, 3.05) is 6.54 Å². The van der Waals surface area contributed by atoms with E-state index in [1.165, 1.54) is 0 Å². The lowest BCUT2D eigenvalue weighted by Gasteiger charge is -2.07. The number of amides is 1. The summed E-state index contributed by atoms with van der Waals surface area (Å²) in [6.45, 7) is 3.21. The Kier molecular flexibility index (Phi) is 5.79. The van der Waals surface area contributed by atoms with E-state index in [2.05, 4.69) is 10.4 Å². The van der Waals surface area contributed by atoms with E-state index in [1.807, 2.05) is 67.7 Å². The molecule has 2 aromatic carbocycles. The maximum atomic E-state index is 12.8. The van der Waals surface area contributed by atoms with Crippen LogP contribution in [0.2, 0.25) is 0 Å². The van der Waals surface area contributed by atoms with Gasteiger partial charge in [0.1, 0.15) is 6.54 Å². The summed E-state index contributed by atoms with van der Waals surface area (Å²) in [5, 5.41) is 7.14. The molecule has 0 bridgehead atoms. The van der Waals surface area contributed by atoms with Crippen LogP contribution < -0.4 is 11.0 Å². The molecule has 0 fully saturated rings. The highest BCUT2D eigenvalue weighted by atomic mass is 16.2. The molecule has 1 N–H and O–H groups in total. The normalized spacial score (nSPS) is 11.1. The molecule has 0 aliphatic rings. The van der Waals surface area contributed by atoms with Crippen LogP contribution in [0.3, 0.4) is 0 Å². The minimum absolute atomic E-state index is 0.0221. The quantitative estimate of drug-likeness (QED) is 0.492. The van der Waals surface area contributed by atoms with Crippen LogP contribution in [0.4, 0.5) is 0 Å². The van der Waals surface area contributed by atoms with E-state index >= 15 is 0 Å². The Bertz CT molecular complexity index is 1190. The predicted molar refractivity (Wildman–Crippen MR) is 117 cm³/mol. The van der Waals surface area contributed by atoms with Gasteiger partial charge in [-0.1, -0.05) is 31.2 Å². The molecule has 0 radical (unpaired) electrons. The molecule has 4 rings (SSSR count). The third-order valence-electron chi connectivity index (χ3n) is 5.12. The Morgan fingerprint density at radius 1 is 1.00 bits per heavy atom. The van der Waals surface area contributed by atoms with Gasteiger partial charge in [0.05, 0.1) is 16.7 Å². The SMILES string of the molecule is CCCn1c(=O)n(CC(=O)NCCc2ccc(-n3cccn3)cc2)c2ccccc21. The second-order valence-corrected chi connectivity index (χ2v) is 7.23. The van der Waals surface area contributed by atoms with E-state index in [0.717, 1.165) is 35.1 Å². The lowest BCUT2D eigenvalue weighted by molar-refractivity contribution is -0.121. The molecular weight excluding hydrogens is 378 g/mol. The van der Waals surface area contributed by atoms with Gasteiger partial charge in [-0.05, 0) is 48.7 Å². The van der Waals surface area contributed by atoms with Gasteiger partial charge in [0.2, 0.25) is 5.91 Å². The number of benzene rings is 2. The highest BCUT2D eigenvalue weighted by Crippen LogP contribution is 2.13. The summed E-state index contributed by atoms with van der Waals surface area (Å²) in [4.78, 5) is 25.3. The number of hydrogen-bond acceptors (Lipinski definition) is 3. The lowest BCUT2D eigenvalue weighted by atomic mass is 10.1. The fourth-order valence-corrected chi connectivity index (χ4v) is 3.65. The maximum Gasteiger partial charge on any atom is 0.329 e. The standard InChI is InChI=1S/C23H25N5O2/c1-2-15-26-20-6-3-4-7-21(20)27(23(26)30)17-22(29)24-14-12-18-8-10-19(11-9-18)28-16-5-13-25-28/h3-11,13,16H,2,12,14-15,17H2,1H3,(H,24,29). The number of para-hydroxylation sites is 2. The van der Waals surface area contributed by atoms with Crippen molar-refractivity contribution in [1.29, 1.82) is 0 Å². The van der Waals surface area contributed by atoms with Gasteiger partial charge in [-0.3, -0.25) is 13.9 Å². The third-order valence-corrected chi connectivity index (χ3v) is 5.12. The van der Waals surface area contributed by atoms with Gasteiger partial charge in [0.25, 0.3) is 0 Å². The van der Waals surface area contributed by atoms with Gasteiger partial charge in [0.15, 0.2) is 0 Å². The molecule has 30 heavy (non-hydrogen) atoms. The minimum atomic E-state index is -0.162.